The summed E-state index contributed by atoms with van der Waals surface area (Å²) in [6.07, 6.45) is 9.81. The molecule has 0 spiro atoms. The van der Waals surface area contributed by atoms with Crippen molar-refractivity contribution in [2.24, 2.45) is 0 Å². The third-order valence-electron chi connectivity index (χ3n) is 6.01. The van der Waals surface area contributed by atoms with Gasteiger partial charge in [0.2, 0.25) is 0 Å². The molecule has 2 fully saturated rings. The average Bonchev–Trinajstić information content (AvgIpc) is 3.38. The van der Waals surface area contributed by atoms with E-state index in [2.05, 4.69) is 13.8 Å². The first kappa shape index (κ1) is 24.0. The lowest BCUT2D eigenvalue weighted by molar-refractivity contribution is -0.304. The van der Waals surface area contributed by atoms with E-state index in [4.69, 9.17) is 18.9 Å². The zero-order valence-corrected chi connectivity index (χ0v) is 18.0. The van der Waals surface area contributed by atoms with E-state index in [-0.39, 0.29) is 0 Å². The standard InChI is InChI=1S/C22H42O6/c1-3-5-7-9-11-13-21(25-15-16-26-21)19(23)20(24)22(27-17-18-28-22)14-12-10-8-6-4-2/h19-20,23-24H,3-18H2,1-2H3/t19-,20-/m1/s1. The molecule has 166 valence electrons. The Kier molecular flexibility index (Phi) is 10.7. The third-order valence-corrected chi connectivity index (χ3v) is 6.01. The molecular weight excluding hydrogens is 360 g/mol. The van der Waals surface area contributed by atoms with Gasteiger partial charge in [0.1, 0.15) is 12.2 Å². The molecule has 0 aliphatic carbocycles. The summed E-state index contributed by atoms with van der Waals surface area (Å²) in [4.78, 5) is 0. The van der Waals surface area contributed by atoms with Gasteiger partial charge in [0, 0.05) is 12.8 Å². The summed E-state index contributed by atoms with van der Waals surface area (Å²) < 4.78 is 23.4. The van der Waals surface area contributed by atoms with Gasteiger partial charge < -0.3 is 29.2 Å². The number of ether oxygens (including phenoxy) is 4. The molecule has 2 saturated heterocycles. The summed E-state index contributed by atoms with van der Waals surface area (Å²) in [5, 5.41) is 22.2. The number of unbranched alkanes of at least 4 members (excludes halogenated alkanes) is 8. The highest BCUT2D eigenvalue weighted by molar-refractivity contribution is 4.96. The molecule has 2 atom stereocenters. The predicted octanol–water partition coefficient (Wildman–Crippen LogP) is 3.92. The van der Waals surface area contributed by atoms with E-state index in [1.54, 1.807) is 0 Å². The minimum Gasteiger partial charge on any atom is -0.385 e. The van der Waals surface area contributed by atoms with Gasteiger partial charge in [0.05, 0.1) is 26.4 Å². The maximum atomic E-state index is 11.1. The molecule has 0 aromatic rings. The number of hydrogen-bond acceptors (Lipinski definition) is 6. The fraction of sp³-hybridized carbons (Fsp3) is 1.00. The molecule has 6 heteroatoms. The van der Waals surface area contributed by atoms with Crippen molar-refractivity contribution in [1.29, 1.82) is 0 Å². The van der Waals surface area contributed by atoms with Gasteiger partial charge >= 0.3 is 0 Å². The van der Waals surface area contributed by atoms with Crippen molar-refractivity contribution < 1.29 is 29.2 Å². The Hall–Kier alpha value is -0.240. The van der Waals surface area contributed by atoms with Crippen LogP contribution in [0.3, 0.4) is 0 Å². The predicted molar refractivity (Wildman–Crippen MR) is 108 cm³/mol. The molecule has 0 saturated carbocycles. The van der Waals surface area contributed by atoms with Gasteiger partial charge in [-0.15, -0.1) is 0 Å². The van der Waals surface area contributed by atoms with E-state index in [1.165, 1.54) is 38.5 Å². The van der Waals surface area contributed by atoms with E-state index >= 15 is 0 Å². The third kappa shape index (κ3) is 6.38. The average molecular weight is 403 g/mol. The maximum Gasteiger partial charge on any atom is 0.197 e. The van der Waals surface area contributed by atoms with Gasteiger partial charge in [-0.3, -0.25) is 0 Å². The fourth-order valence-electron chi connectivity index (χ4n) is 4.30. The van der Waals surface area contributed by atoms with E-state index in [0.29, 0.717) is 39.3 Å². The van der Waals surface area contributed by atoms with Crippen molar-refractivity contribution in [2.75, 3.05) is 26.4 Å². The van der Waals surface area contributed by atoms with Crippen molar-refractivity contribution in [3.63, 3.8) is 0 Å². The minimum absolute atomic E-state index is 0.435. The lowest BCUT2D eigenvalue weighted by atomic mass is 9.90. The number of aliphatic hydroxyl groups is 2. The van der Waals surface area contributed by atoms with Crippen LogP contribution in [0.4, 0.5) is 0 Å². The van der Waals surface area contributed by atoms with Crippen LogP contribution in [0, 0.1) is 0 Å². The highest BCUT2D eigenvalue weighted by Gasteiger charge is 2.55. The second-order valence-corrected chi connectivity index (χ2v) is 8.24. The molecule has 6 nitrogen and oxygen atoms in total. The van der Waals surface area contributed by atoms with E-state index in [1.807, 2.05) is 0 Å². The van der Waals surface area contributed by atoms with Crippen LogP contribution in [-0.4, -0.2) is 60.4 Å². The Labute approximate surface area is 170 Å². The first-order chi connectivity index (χ1) is 13.6. The second-order valence-electron chi connectivity index (χ2n) is 8.24. The second kappa shape index (κ2) is 12.5. The minimum atomic E-state index is -1.20. The molecule has 2 aliphatic heterocycles. The van der Waals surface area contributed by atoms with Gasteiger partial charge in [-0.2, -0.15) is 0 Å². The van der Waals surface area contributed by atoms with Gasteiger partial charge in [0.25, 0.3) is 0 Å². The van der Waals surface area contributed by atoms with Crippen LogP contribution >= 0.6 is 0 Å². The van der Waals surface area contributed by atoms with E-state index < -0.39 is 23.8 Å². The Bertz CT molecular complexity index is 366. The number of rotatable bonds is 15. The maximum absolute atomic E-state index is 11.1. The smallest absolute Gasteiger partial charge is 0.197 e. The lowest BCUT2D eigenvalue weighted by Crippen LogP contribution is -2.59. The molecule has 0 radical (unpaired) electrons. The lowest BCUT2D eigenvalue weighted by Gasteiger charge is -2.41. The Morgan fingerprint density at radius 2 is 0.893 bits per heavy atom. The molecule has 2 aliphatic rings. The summed E-state index contributed by atoms with van der Waals surface area (Å²) in [6.45, 7) is 6.12. The number of hydrogen-bond donors (Lipinski definition) is 2. The molecule has 0 aromatic carbocycles. The van der Waals surface area contributed by atoms with Crippen LogP contribution in [0.25, 0.3) is 0 Å². The van der Waals surface area contributed by atoms with Crippen LogP contribution in [-0.2, 0) is 18.9 Å². The van der Waals surface area contributed by atoms with Crippen molar-refractivity contribution in [3.05, 3.63) is 0 Å². The Morgan fingerprint density at radius 3 is 1.21 bits per heavy atom. The summed E-state index contributed by atoms with van der Waals surface area (Å²) in [7, 11) is 0. The zero-order valence-electron chi connectivity index (χ0n) is 18.0. The van der Waals surface area contributed by atoms with E-state index in [9.17, 15) is 10.2 Å². The molecule has 0 unspecified atom stereocenters. The van der Waals surface area contributed by atoms with Crippen molar-refractivity contribution in [3.8, 4) is 0 Å². The van der Waals surface area contributed by atoms with Crippen LogP contribution < -0.4 is 0 Å². The molecule has 2 heterocycles. The summed E-state index contributed by atoms with van der Waals surface area (Å²) in [6, 6.07) is 0. The van der Waals surface area contributed by atoms with Crippen LogP contribution in [0.1, 0.15) is 90.9 Å². The molecule has 0 amide bonds. The summed E-state index contributed by atoms with van der Waals surface area (Å²) in [5.74, 6) is -2.31. The molecule has 0 bridgehead atoms. The number of aliphatic hydroxyl groups excluding tert-OH is 2. The highest BCUT2D eigenvalue weighted by Crippen LogP contribution is 2.38. The SMILES string of the molecule is CCCCCCCC1([C@H](O)[C@@H](O)C2(CCCCCCC)OCCO2)OCCO1. The van der Waals surface area contributed by atoms with Crippen molar-refractivity contribution in [2.45, 2.75) is 115 Å². The molecular formula is C22H42O6. The van der Waals surface area contributed by atoms with Gasteiger partial charge in [-0.1, -0.05) is 65.2 Å². The van der Waals surface area contributed by atoms with Crippen molar-refractivity contribution in [1.82, 2.24) is 0 Å². The molecule has 28 heavy (non-hydrogen) atoms. The van der Waals surface area contributed by atoms with Gasteiger partial charge in [0.15, 0.2) is 11.6 Å². The van der Waals surface area contributed by atoms with E-state index in [0.717, 1.165) is 25.7 Å². The highest BCUT2D eigenvalue weighted by atomic mass is 16.8. The monoisotopic (exact) mass is 402 g/mol. The molecule has 0 aromatic heterocycles. The summed E-state index contributed by atoms with van der Waals surface area (Å²) >= 11 is 0. The van der Waals surface area contributed by atoms with Crippen LogP contribution in [0.5, 0.6) is 0 Å². The fourth-order valence-corrected chi connectivity index (χ4v) is 4.30. The normalized spacial score (nSPS) is 23.1. The Morgan fingerprint density at radius 1 is 0.571 bits per heavy atom. The first-order valence-corrected chi connectivity index (χ1v) is 11.5. The summed E-state index contributed by atoms with van der Waals surface area (Å²) in [5.41, 5.74) is 0. The van der Waals surface area contributed by atoms with Crippen LogP contribution in [0.2, 0.25) is 0 Å². The zero-order chi connectivity index (χ0) is 20.3. The van der Waals surface area contributed by atoms with Crippen molar-refractivity contribution >= 4 is 0 Å². The molecule has 2 N–H and O–H groups in total. The van der Waals surface area contributed by atoms with Gasteiger partial charge in [-0.05, 0) is 12.8 Å². The quantitative estimate of drug-likeness (QED) is 0.404. The van der Waals surface area contributed by atoms with Gasteiger partial charge in [-0.25, -0.2) is 0 Å². The topological polar surface area (TPSA) is 77.4 Å². The van der Waals surface area contributed by atoms with Crippen LogP contribution in [0.15, 0.2) is 0 Å². The largest absolute Gasteiger partial charge is 0.385 e. The first-order valence-electron chi connectivity index (χ1n) is 11.5. The molecule has 2 rings (SSSR count). The Balaban J connectivity index is 1.95.